The van der Waals surface area contributed by atoms with E-state index in [0.717, 1.165) is 18.6 Å². The Morgan fingerprint density at radius 2 is 1.95 bits per heavy atom. The van der Waals surface area contributed by atoms with Gasteiger partial charge in [0.15, 0.2) is 0 Å². The number of nitrogens with zero attached hydrogens (tertiary/aromatic N) is 1. The summed E-state index contributed by atoms with van der Waals surface area (Å²) in [6.45, 7) is 6.99. The van der Waals surface area contributed by atoms with Crippen molar-refractivity contribution in [2.75, 3.05) is 13.2 Å². The summed E-state index contributed by atoms with van der Waals surface area (Å²) in [4.78, 5) is 14.4. The second-order valence-corrected chi connectivity index (χ2v) is 5.74. The lowest BCUT2D eigenvalue weighted by atomic mass is 10.1. The Hall–Kier alpha value is -1.62. The van der Waals surface area contributed by atoms with Crippen molar-refractivity contribution < 1.29 is 9.53 Å². The smallest absolute Gasteiger partial charge is 0.254 e. The largest absolute Gasteiger partial charge is 0.494 e. The molecule has 0 radical (unpaired) electrons. The van der Waals surface area contributed by atoms with Crippen molar-refractivity contribution in [3.8, 4) is 5.75 Å². The van der Waals surface area contributed by atoms with Crippen molar-refractivity contribution >= 4 is 23.1 Å². The average Bonchev–Trinajstić information content (AvgIpc) is 2.44. The Morgan fingerprint density at radius 3 is 2.43 bits per heavy atom. The highest BCUT2D eigenvalue weighted by Gasteiger charge is 2.19. The van der Waals surface area contributed by atoms with E-state index in [4.69, 9.17) is 22.7 Å². The number of nitrogens with two attached hydrogens (primary N) is 1. The van der Waals surface area contributed by atoms with Crippen molar-refractivity contribution in [2.45, 2.75) is 39.7 Å². The molecular weight excluding hydrogens is 284 g/mol. The molecule has 0 bridgehead atoms. The lowest BCUT2D eigenvalue weighted by Gasteiger charge is -2.26. The Labute approximate surface area is 132 Å². The molecule has 5 heteroatoms. The third kappa shape index (κ3) is 5.71. The minimum Gasteiger partial charge on any atom is -0.494 e. The fraction of sp³-hybridized carbons (Fsp3) is 0.500. The molecule has 0 aromatic heterocycles. The molecule has 0 aliphatic heterocycles. The maximum Gasteiger partial charge on any atom is 0.254 e. The molecule has 21 heavy (non-hydrogen) atoms. The average molecular weight is 308 g/mol. The van der Waals surface area contributed by atoms with Gasteiger partial charge in [-0.05, 0) is 44.5 Å². The molecule has 0 atom stereocenters. The van der Waals surface area contributed by atoms with Gasteiger partial charge in [0.25, 0.3) is 5.91 Å². The second-order valence-electron chi connectivity index (χ2n) is 5.22. The highest BCUT2D eigenvalue weighted by molar-refractivity contribution is 7.80. The van der Waals surface area contributed by atoms with Gasteiger partial charge in [0.2, 0.25) is 0 Å². The first-order valence-corrected chi connectivity index (χ1v) is 7.68. The van der Waals surface area contributed by atoms with Crippen LogP contribution < -0.4 is 10.5 Å². The predicted octanol–water partition coefficient (Wildman–Crippen LogP) is 3.00. The third-order valence-corrected chi connectivity index (χ3v) is 3.21. The van der Waals surface area contributed by atoms with Gasteiger partial charge in [-0.2, -0.15) is 0 Å². The Bertz CT molecular complexity index is 472. The monoisotopic (exact) mass is 308 g/mol. The fourth-order valence-electron chi connectivity index (χ4n) is 1.85. The fourth-order valence-corrected chi connectivity index (χ4v) is 1.99. The highest BCUT2D eigenvalue weighted by atomic mass is 32.1. The quantitative estimate of drug-likeness (QED) is 0.592. The summed E-state index contributed by atoms with van der Waals surface area (Å²) in [6, 6.07) is 7.24. The molecule has 1 aromatic rings. The van der Waals surface area contributed by atoms with Crippen molar-refractivity contribution in [1.29, 1.82) is 0 Å². The minimum absolute atomic E-state index is 0.0412. The zero-order valence-electron chi connectivity index (χ0n) is 13.0. The van der Waals surface area contributed by atoms with Crippen molar-refractivity contribution in [3.63, 3.8) is 0 Å². The first-order chi connectivity index (χ1) is 9.95. The zero-order valence-corrected chi connectivity index (χ0v) is 13.8. The van der Waals surface area contributed by atoms with Crippen LogP contribution >= 0.6 is 12.2 Å². The number of hydrogen-bond donors (Lipinski definition) is 1. The van der Waals surface area contributed by atoms with Crippen LogP contribution in [0.3, 0.4) is 0 Å². The van der Waals surface area contributed by atoms with E-state index >= 15 is 0 Å². The van der Waals surface area contributed by atoms with E-state index in [9.17, 15) is 4.79 Å². The number of hydrogen-bond acceptors (Lipinski definition) is 3. The summed E-state index contributed by atoms with van der Waals surface area (Å²) in [6.07, 6.45) is 2.12. The summed E-state index contributed by atoms with van der Waals surface area (Å²) in [7, 11) is 0. The van der Waals surface area contributed by atoms with E-state index in [1.165, 1.54) is 0 Å². The summed E-state index contributed by atoms with van der Waals surface area (Å²) in [5.74, 6) is 0.711. The van der Waals surface area contributed by atoms with Crippen LogP contribution in [0.15, 0.2) is 24.3 Å². The van der Waals surface area contributed by atoms with Crippen LogP contribution in [-0.2, 0) is 0 Å². The molecule has 1 aromatic carbocycles. The molecule has 1 rings (SSSR count). The minimum atomic E-state index is -0.0714. The number of benzene rings is 1. The van der Waals surface area contributed by atoms with Gasteiger partial charge < -0.3 is 15.4 Å². The van der Waals surface area contributed by atoms with Gasteiger partial charge in [-0.25, -0.2) is 0 Å². The van der Waals surface area contributed by atoms with E-state index < -0.39 is 0 Å². The Balaban J connectivity index is 2.74. The topological polar surface area (TPSA) is 55.6 Å². The molecule has 0 heterocycles. The van der Waals surface area contributed by atoms with Gasteiger partial charge in [0, 0.05) is 11.6 Å². The molecule has 0 spiro atoms. The van der Waals surface area contributed by atoms with Crippen LogP contribution in [0.1, 0.15) is 44.0 Å². The first kappa shape index (κ1) is 17.4. The zero-order chi connectivity index (χ0) is 15.8. The van der Waals surface area contributed by atoms with Crippen molar-refractivity contribution in [1.82, 2.24) is 4.90 Å². The summed E-state index contributed by atoms with van der Waals surface area (Å²) >= 11 is 4.90. The summed E-state index contributed by atoms with van der Waals surface area (Å²) in [5, 5.41) is 0. The van der Waals surface area contributed by atoms with Gasteiger partial charge in [-0.1, -0.05) is 25.6 Å². The number of unbranched alkanes of at least 4 members (excludes halogenated alkanes) is 1. The maximum atomic E-state index is 12.5. The van der Waals surface area contributed by atoms with Crippen molar-refractivity contribution in [2.24, 2.45) is 5.73 Å². The van der Waals surface area contributed by atoms with E-state index in [-0.39, 0.29) is 11.9 Å². The van der Waals surface area contributed by atoms with Crippen LogP contribution in [0, 0.1) is 0 Å². The van der Waals surface area contributed by atoms with Crippen LogP contribution in [0.25, 0.3) is 0 Å². The van der Waals surface area contributed by atoms with Gasteiger partial charge in [0.05, 0.1) is 18.1 Å². The molecule has 1 amide bonds. The first-order valence-electron chi connectivity index (χ1n) is 7.27. The predicted molar refractivity (Wildman–Crippen MR) is 89.8 cm³/mol. The molecule has 4 nitrogen and oxygen atoms in total. The molecule has 0 saturated heterocycles. The Kier molecular flexibility index (Phi) is 7.15. The third-order valence-electron chi connectivity index (χ3n) is 3.08. The lowest BCUT2D eigenvalue weighted by molar-refractivity contribution is 0.0736. The number of rotatable bonds is 8. The van der Waals surface area contributed by atoms with Crippen LogP contribution in [0.5, 0.6) is 5.75 Å². The Morgan fingerprint density at radius 1 is 1.33 bits per heavy atom. The van der Waals surface area contributed by atoms with Crippen LogP contribution in [0.2, 0.25) is 0 Å². The maximum absolute atomic E-state index is 12.5. The lowest BCUT2D eigenvalue weighted by Crippen LogP contribution is -2.42. The van der Waals surface area contributed by atoms with Gasteiger partial charge in [-0.3, -0.25) is 4.79 Å². The van der Waals surface area contributed by atoms with Crippen LogP contribution in [-0.4, -0.2) is 35.0 Å². The molecule has 0 saturated carbocycles. The normalized spacial score (nSPS) is 10.5. The second kappa shape index (κ2) is 8.62. The number of carbonyl (C=O) groups is 1. The number of ether oxygens (including phenoxy) is 1. The standard InChI is InChI=1S/C16H24N2O2S/c1-4-5-10-20-14-8-6-13(7-9-14)16(19)18(12(2)3)11-15(17)21/h6-9,12H,4-5,10-11H2,1-3H3,(H2,17,21). The van der Waals surface area contributed by atoms with E-state index in [1.807, 2.05) is 26.0 Å². The molecule has 116 valence electrons. The van der Waals surface area contributed by atoms with E-state index in [1.54, 1.807) is 17.0 Å². The molecule has 0 aliphatic rings. The number of carbonyl (C=O) groups excluding carboxylic acids is 1. The van der Waals surface area contributed by atoms with Gasteiger partial charge in [0.1, 0.15) is 5.75 Å². The van der Waals surface area contributed by atoms with E-state index in [2.05, 4.69) is 6.92 Å². The molecule has 2 N–H and O–H groups in total. The summed E-state index contributed by atoms with van der Waals surface area (Å²) < 4.78 is 5.59. The molecule has 0 unspecified atom stereocenters. The van der Waals surface area contributed by atoms with E-state index in [0.29, 0.717) is 23.7 Å². The molecule has 0 fully saturated rings. The molecule has 0 aliphatic carbocycles. The summed E-state index contributed by atoms with van der Waals surface area (Å²) in [5.41, 5.74) is 6.17. The van der Waals surface area contributed by atoms with Gasteiger partial charge >= 0.3 is 0 Å². The van der Waals surface area contributed by atoms with Crippen molar-refractivity contribution in [3.05, 3.63) is 29.8 Å². The van der Waals surface area contributed by atoms with Gasteiger partial charge in [-0.15, -0.1) is 0 Å². The van der Waals surface area contributed by atoms with Crippen LogP contribution in [0.4, 0.5) is 0 Å². The molecular formula is C16H24N2O2S. The number of amides is 1. The number of thiocarbonyl (C=S) groups is 1. The SMILES string of the molecule is CCCCOc1ccc(C(=O)N(CC(N)=S)C(C)C)cc1. The highest BCUT2D eigenvalue weighted by Crippen LogP contribution is 2.15.